The van der Waals surface area contributed by atoms with Gasteiger partial charge in [0.25, 0.3) is 5.91 Å². The predicted octanol–water partition coefficient (Wildman–Crippen LogP) is 2.47. The molecule has 116 valence electrons. The molecule has 0 saturated carbocycles. The quantitative estimate of drug-likeness (QED) is 0.945. The van der Waals surface area contributed by atoms with E-state index in [9.17, 15) is 14.3 Å². The van der Waals surface area contributed by atoms with Crippen molar-refractivity contribution >= 4 is 17.2 Å². The lowest BCUT2D eigenvalue weighted by Crippen LogP contribution is -2.40. The van der Waals surface area contributed by atoms with E-state index in [1.54, 1.807) is 22.4 Å². The number of nitrogens with zero attached hydrogens (tertiary/aromatic N) is 2. The molecule has 0 radical (unpaired) electrons. The van der Waals surface area contributed by atoms with Crippen LogP contribution < -0.4 is 0 Å². The summed E-state index contributed by atoms with van der Waals surface area (Å²) in [4.78, 5) is 18.5. The molecule has 1 saturated heterocycles. The maximum Gasteiger partial charge on any atom is 0.273 e. The van der Waals surface area contributed by atoms with Crippen molar-refractivity contribution in [2.75, 3.05) is 13.1 Å². The number of carbonyl (C=O) groups excluding carboxylic acids is 1. The van der Waals surface area contributed by atoms with Gasteiger partial charge in [-0.05, 0) is 30.5 Å². The highest BCUT2D eigenvalue weighted by Gasteiger charge is 2.23. The summed E-state index contributed by atoms with van der Waals surface area (Å²) in [5, 5.41) is 12.1. The van der Waals surface area contributed by atoms with E-state index in [4.69, 9.17) is 0 Å². The van der Waals surface area contributed by atoms with Crippen molar-refractivity contribution in [2.24, 2.45) is 0 Å². The predicted molar refractivity (Wildman–Crippen MR) is 82.5 cm³/mol. The fourth-order valence-electron chi connectivity index (χ4n) is 2.50. The molecule has 2 aromatic rings. The smallest absolute Gasteiger partial charge is 0.273 e. The first kappa shape index (κ1) is 15.1. The van der Waals surface area contributed by atoms with E-state index in [1.807, 2.05) is 0 Å². The van der Waals surface area contributed by atoms with Gasteiger partial charge in [0.2, 0.25) is 0 Å². The van der Waals surface area contributed by atoms with Gasteiger partial charge in [0.1, 0.15) is 11.5 Å². The first-order chi connectivity index (χ1) is 10.6. The number of carbonyl (C=O) groups is 1. The Balaban J connectivity index is 1.65. The zero-order chi connectivity index (χ0) is 15.5. The van der Waals surface area contributed by atoms with Crippen LogP contribution in [-0.4, -0.2) is 40.1 Å². The van der Waals surface area contributed by atoms with Crippen molar-refractivity contribution in [2.45, 2.75) is 25.4 Å². The standard InChI is InChI=1S/C16H17FN2O2S/c17-12-3-1-11(2-4-12)9-15-18-14(10-22-15)16(21)19-7-5-13(20)6-8-19/h1-4,10,13,20H,5-9H2. The van der Waals surface area contributed by atoms with E-state index in [0.29, 0.717) is 38.0 Å². The van der Waals surface area contributed by atoms with E-state index >= 15 is 0 Å². The highest BCUT2D eigenvalue weighted by atomic mass is 32.1. The van der Waals surface area contributed by atoms with Crippen molar-refractivity contribution in [1.29, 1.82) is 0 Å². The lowest BCUT2D eigenvalue weighted by atomic mass is 10.1. The van der Waals surface area contributed by atoms with Crippen LogP contribution in [0.5, 0.6) is 0 Å². The highest BCUT2D eigenvalue weighted by Crippen LogP contribution is 2.18. The topological polar surface area (TPSA) is 53.4 Å². The molecular formula is C16H17FN2O2S. The molecule has 4 nitrogen and oxygen atoms in total. The van der Waals surface area contributed by atoms with E-state index in [2.05, 4.69) is 4.98 Å². The second-order valence-corrected chi connectivity index (χ2v) is 6.40. The molecule has 1 amide bonds. The minimum absolute atomic E-state index is 0.0755. The number of piperidine rings is 1. The number of benzene rings is 1. The second kappa shape index (κ2) is 6.54. The van der Waals surface area contributed by atoms with Crippen LogP contribution in [0.3, 0.4) is 0 Å². The van der Waals surface area contributed by atoms with Gasteiger partial charge in [-0.3, -0.25) is 4.79 Å². The first-order valence-electron chi connectivity index (χ1n) is 7.28. The van der Waals surface area contributed by atoms with Gasteiger partial charge in [-0.25, -0.2) is 9.37 Å². The minimum Gasteiger partial charge on any atom is -0.393 e. The lowest BCUT2D eigenvalue weighted by molar-refractivity contribution is 0.0542. The van der Waals surface area contributed by atoms with E-state index < -0.39 is 0 Å². The summed E-state index contributed by atoms with van der Waals surface area (Å²) >= 11 is 1.44. The number of likely N-dealkylation sites (tertiary alicyclic amines) is 1. The molecule has 0 unspecified atom stereocenters. The maximum atomic E-state index is 12.9. The molecule has 6 heteroatoms. The van der Waals surface area contributed by atoms with Crippen molar-refractivity contribution in [3.8, 4) is 0 Å². The number of rotatable bonds is 3. The molecule has 1 aliphatic rings. The highest BCUT2D eigenvalue weighted by molar-refractivity contribution is 7.09. The number of thiazole rings is 1. The van der Waals surface area contributed by atoms with E-state index in [-0.39, 0.29) is 17.8 Å². The van der Waals surface area contributed by atoms with Crippen LogP contribution in [0.4, 0.5) is 4.39 Å². The fourth-order valence-corrected chi connectivity index (χ4v) is 3.30. The van der Waals surface area contributed by atoms with Crippen LogP contribution in [0.25, 0.3) is 0 Å². The molecule has 0 bridgehead atoms. The zero-order valence-corrected chi connectivity index (χ0v) is 12.9. The summed E-state index contributed by atoms with van der Waals surface area (Å²) in [6, 6.07) is 6.30. The third-order valence-corrected chi connectivity index (χ3v) is 4.64. The number of aliphatic hydroxyl groups is 1. The molecule has 1 aromatic carbocycles. The molecule has 1 fully saturated rings. The van der Waals surface area contributed by atoms with Gasteiger partial charge in [-0.15, -0.1) is 11.3 Å². The number of halogens is 1. The second-order valence-electron chi connectivity index (χ2n) is 5.45. The zero-order valence-electron chi connectivity index (χ0n) is 12.0. The first-order valence-corrected chi connectivity index (χ1v) is 8.16. The Morgan fingerprint density at radius 3 is 2.68 bits per heavy atom. The molecule has 1 N–H and O–H groups in total. The fraction of sp³-hybridized carbons (Fsp3) is 0.375. The average Bonchev–Trinajstić information content (AvgIpc) is 2.98. The molecule has 22 heavy (non-hydrogen) atoms. The summed E-state index contributed by atoms with van der Waals surface area (Å²) < 4.78 is 12.9. The summed E-state index contributed by atoms with van der Waals surface area (Å²) in [5.41, 5.74) is 1.43. The van der Waals surface area contributed by atoms with Gasteiger partial charge in [0.05, 0.1) is 11.1 Å². The Hall–Kier alpha value is -1.79. The van der Waals surface area contributed by atoms with Gasteiger partial charge in [-0.2, -0.15) is 0 Å². The molecule has 0 spiro atoms. The largest absolute Gasteiger partial charge is 0.393 e. The van der Waals surface area contributed by atoms with Crippen LogP contribution in [0.1, 0.15) is 33.9 Å². The molecule has 3 rings (SSSR count). The van der Waals surface area contributed by atoms with Crippen LogP contribution in [0, 0.1) is 5.82 Å². The number of hydrogen-bond donors (Lipinski definition) is 1. The van der Waals surface area contributed by atoms with Gasteiger partial charge >= 0.3 is 0 Å². The van der Waals surface area contributed by atoms with E-state index in [1.165, 1.54) is 23.5 Å². The molecular weight excluding hydrogens is 303 g/mol. The number of aromatic nitrogens is 1. The van der Waals surface area contributed by atoms with Crippen molar-refractivity contribution < 1.29 is 14.3 Å². The van der Waals surface area contributed by atoms with Crippen molar-refractivity contribution in [3.05, 3.63) is 51.7 Å². The van der Waals surface area contributed by atoms with Crippen LogP contribution in [0.15, 0.2) is 29.6 Å². The normalized spacial score (nSPS) is 16.0. The monoisotopic (exact) mass is 320 g/mol. The Kier molecular flexibility index (Phi) is 4.49. The average molecular weight is 320 g/mol. The lowest BCUT2D eigenvalue weighted by Gasteiger charge is -2.28. The third-order valence-electron chi connectivity index (χ3n) is 3.79. The van der Waals surface area contributed by atoms with Gasteiger partial charge in [0.15, 0.2) is 0 Å². The Morgan fingerprint density at radius 2 is 2.00 bits per heavy atom. The summed E-state index contributed by atoms with van der Waals surface area (Å²) in [7, 11) is 0. The van der Waals surface area contributed by atoms with Crippen molar-refractivity contribution in [1.82, 2.24) is 9.88 Å². The Bertz CT molecular complexity index is 648. The molecule has 1 aliphatic heterocycles. The van der Waals surface area contributed by atoms with Crippen LogP contribution in [0.2, 0.25) is 0 Å². The summed E-state index contributed by atoms with van der Waals surface area (Å²) in [6.45, 7) is 1.15. The Labute approximate surface area is 132 Å². The number of amides is 1. The molecule has 0 atom stereocenters. The van der Waals surface area contributed by atoms with Gasteiger partial charge in [0, 0.05) is 24.9 Å². The molecule has 1 aromatic heterocycles. The summed E-state index contributed by atoms with van der Waals surface area (Å²) in [5.74, 6) is -0.334. The van der Waals surface area contributed by atoms with Crippen LogP contribution in [-0.2, 0) is 6.42 Å². The third kappa shape index (κ3) is 3.51. The number of hydrogen-bond acceptors (Lipinski definition) is 4. The minimum atomic E-state index is -0.298. The molecule has 0 aliphatic carbocycles. The maximum absolute atomic E-state index is 12.9. The summed E-state index contributed by atoms with van der Waals surface area (Å²) in [6.07, 6.45) is 1.54. The van der Waals surface area contributed by atoms with Gasteiger partial charge < -0.3 is 10.0 Å². The SMILES string of the molecule is O=C(c1csc(Cc2ccc(F)cc2)n1)N1CCC(O)CC1. The number of aliphatic hydroxyl groups excluding tert-OH is 1. The van der Waals surface area contributed by atoms with Crippen molar-refractivity contribution in [3.63, 3.8) is 0 Å². The van der Waals surface area contributed by atoms with Crippen LogP contribution >= 0.6 is 11.3 Å². The van der Waals surface area contributed by atoms with Gasteiger partial charge in [-0.1, -0.05) is 12.1 Å². The molecule has 2 heterocycles. The van der Waals surface area contributed by atoms with E-state index in [0.717, 1.165) is 10.6 Å². The Morgan fingerprint density at radius 1 is 1.32 bits per heavy atom.